The second-order valence-electron chi connectivity index (χ2n) is 2.87. The standard InChI is InChI=1S/C9H5NO5/c11-8(12)5-1-4-3-10-15-7(4)2-6(5)9(13)14/h1-3H,(H,11,12)(H,13,14). The van der Waals surface area contributed by atoms with E-state index in [0.717, 1.165) is 6.07 Å². The van der Waals surface area contributed by atoms with E-state index in [4.69, 9.17) is 14.7 Å². The van der Waals surface area contributed by atoms with Crippen LogP contribution in [0.3, 0.4) is 0 Å². The zero-order valence-corrected chi connectivity index (χ0v) is 7.30. The lowest BCUT2D eigenvalue weighted by atomic mass is 10.1. The maximum atomic E-state index is 10.8. The fraction of sp³-hybridized carbons (Fsp3) is 0. The van der Waals surface area contributed by atoms with Crippen molar-refractivity contribution in [3.8, 4) is 0 Å². The van der Waals surface area contributed by atoms with Crippen LogP contribution < -0.4 is 0 Å². The van der Waals surface area contributed by atoms with Crippen molar-refractivity contribution in [1.82, 2.24) is 5.16 Å². The fourth-order valence-corrected chi connectivity index (χ4v) is 1.27. The Bertz CT molecular complexity index is 509. The van der Waals surface area contributed by atoms with E-state index in [1.165, 1.54) is 12.3 Å². The number of rotatable bonds is 2. The average Bonchev–Trinajstić information content (AvgIpc) is 2.61. The van der Waals surface area contributed by atoms with Gasteiger partial charge in [-0.15, -0.1) is 0 Å². The van der Waals surface area contributed by atoms with Crippen LogP contribution in [-0.2, 0) is 0 Å². The minimum atomic E-state index is -1.31. The quantitative estimate of drug-likeness (QED) is 0.767. The Morgan fingerprint density at radius 2 is 1.73 bits per heavy atom. The third-order valence-corrected chi connectivity index (χ3v) is 1.95. The molecule has 0 unspecified atom stereocenters. The molecule has 0 amide bonds. The van der Waals surface area contributed by atoms with Crippen molar-refractivity contribution in [3.63, 3.8) is 0 Å². The van der Waals surface area contributed by atoms with Crippen LogP contribution in [0.2, 0.25) is 0 Å². The first-order chi connectivity index (χ1) is 7.09. The molecule has 0 spiro atoms. The van der Waals surface area contributed by atoms with E-state index in [2.05, 4.69) is 5.16 Å². The number of hydrogen-bond donors (Lipinski definition) is 2. The highest BCUT2D eigenvalue weighted by Gasteiger charge is 2.18. The van der Waals surface area contributed by atoms with Gasteiger partial charge in [-0.3, -0.25) is 0 Å². The SMILES string of the molecule is O=C(O)c1cc2cnoc2cc1C(=O)O. The molecule has 2 N–H and O–H groups in total. The predicted octanol–water partition coefficient (Wildman–Crippen LogP) is 1.22. The summed E-state index contributed by atoms with van der Waals surface area (Å²) in [6.07, 6.45) is 1.33. The van der Waals surface area contributed by atoms with Gasteiger partial charge in [-0.2, -0.15) is 0 Å². The number of aromatic carboxylic acids is 2. The van der Waals surface area contributed by atoms with Crippen molar-refractivity contribution in [1.29, 1.82) is 0 Å². The van der Waals surface area contributed by atoms with E-state index < -0.39 is 11.9 Å². The van der Waals surface area contributed by atoms with Crippen LogP contribution in [-0.4, -0.2) is 27.3 Å². The molecule has 0 saturated heterocycles. The van der Waals surface area contributed by atoms with E-state index in [1.807, 2.05) is 0 Å². The fourth-order valence-electron chi connectivity index (χ4n) is 1.27. The molecule has 2 rings (SSSR count). The summed E-state index contributed by atoms with van der Waals surface area (Å²) in [5.74, 6) is -2.61. The Hall–Kier alpha value is -2.37. The van der Waals surface area contributed by atoms with Crippen LogP contribution in [0.5, 0.6) is 0 Å². The van der Waals surface area contributed by atoms with Crippen molar-refractivity contribution < 1.29 is 24.3 Å². The van der Waals surface area contributed by atoms with Gasteiger partial charge in [-0.1, -0.05) is 5.16 Å². The van der Waals surface area contributed by atoms with E-state index >= 15 is 0 Å². The molecule has 1 heterocycles. The monoisotopic (exact) mass is 207 g/mol. The van der Waals surface area contributed by atoms with Gasteiger partial charge in [0.2, 0.25) is 0 Å². The van der Waals surface area contributed by atoms with Crippen LogP contribution in [0.4, 0.5) is 0 Å². The highest BCUT2D eigenvalue weighted by Crippen LogP contribution is 2.20. The molecule has 0 aliphatic heterocycles. The minimum Gasteiger partial charge on any atom is -0.478 e. The first-order valence-corrected chi connectivity index (χ1v) is 3.94. The zero-order chi connectivity index (χ0) is 11.0. The molecule has 76 valence electrons. The zero-order valence-electron chi connectivity index (χ0n) is 7.30. The van der Waals surface area contributed by atoms with Gasteiger partial charge in [0, 0.05) is 5.39 Å². The topological polar surface area (TPSA) is 101 Å². The molecule has 6 nitrogen and oxygen atoms in total. The highest BCUT2D eigenvalue weighted by molar-refractivity contribution is 6.05. The number of aromatic nitrogens is 1. The number of carboxylic acid groups (broad SMARTS) is 2. The van der Waals surface area contributed by atoms with Gasteiger partial charge in [0.15, 0.2) is 5.58 Å². The summed E-state index contributed by atoms with van der Waals surface area (Å²) in [6.45, 7) is 0. The van der Waals surface area contributed by atoms with Crippen LogP contribution in [0.25, 0.3) is 11.0 Å². The molecule has 15 heavy (non-hydrogen) atoms. The first-order valence-electron chi connectivity index (χ1n) is 3.94. The molecule has 0 atom stereocenters. The van der Waals surface area contributed by atoms with E-state index in [-0.39, 0.29) is 16.7 Å². The summed E-state index contributed by atoms with van der Waals surface area (Å²) in [5.41, 5.74) is -0.345. The summed E-state index contributed by atoms with van der Waals surface area (Å²) < 4.78 is 4.74. The molecule has 0 bridgehead atoms. The van der Waals surface area contributed by atoms with Crippen LogP contribution >= 0.6 is 0 Å². The minimum absolute atomic E-state index is 0.248. The molecule has 0 saturated carbocycles. The Balaban J connectivity index is 2.79. The normalized spacial score (nSPS) is 10.4. The summed E-state index contributed by atoms with van der Waals surface area (Å²) in [5, 5.41) is 21.5. The second-order valence-corrected chi connectivity index (χ2v) is 2.87. The summed E-state index contributed by atoms with van der Waals surface area (Å²) >= 11 is 0. The lowest BCUT2D eigenvalue weighted by Gasteiger charge is -1.99. The largest absolute Gasteiger partial charge is 0.478 e. The number of benzene rings is 1. The third-order valence-electron chi connectivity index (χ3n) is 1.95. The summed E-state index contributed by atoms with van der Waals surface area (Å²) in [6, 6.07) is 2.37. The average molecular weight is 207 g/mol. The maximum absolute atomic E-state index is 10.8. The van der Waals surface area contributed by atoms with E-state index in [0.29, 0.717) is 5.39 Å². The van der Waals surface area contributed by atoms with Gasteiger partial charge in [-0.25, -0.2) is 9.59 Å². The van der Waals surface area contributed by atoms with Crippen LogP contribution in [0, 0.1) is 0 Å². The molecule has 0 aliphatic rings. The van der Waals surface area contributed by atoms with Gasteiger partial charge < -0.3 is 14.7 Å². The molecule has 0 radical (unpaired) electrons. The number of nitrogens with zero attached hydrogens (tertiary/aromatic N) is 1. The summed E-state index contributed by atoms with van der Waals surface area (Å²) in [7, 11) is 0. The lowest BCUT2D eigenvalue weighted by molar-refractivity contribution is 0.0652. The predicted molar refractivity (Wildman–Crippen MR) is 47.9 cm³/mol. The number of fused-ring (bicyclic) bond motifs is 1. The van der Waals surface area contributed by atoms with Gasteiger partial charge >= 0.3 is 11.9 Å². The van der Waals surface area contributed by atoms with Crippen molar-refractivity contribution >= 4 is 22.9 Å². The van der Waals surface area contributed by atoms with Crippen molar-refractivity contribution in [2.75, 3.05) is 0 Å². The molecule has 1 aromatic heterocycles. The smallest absolute Gasteiger partial charge is 0.336 e. The number of carboxylic acids is 2. The first kappa shape index (κ1) is 9.20. The van der Waals surface area contributed by atoms with Crippen molar-refractivity contribution in [3.05, 3.63) is 29.5 Å². The van der Waals surface area contributed by atoms with Gasteiger partial charge in [-0.05, 0) is 12.1 Å². The van der Waals surface area contributed by atoms with Crippen LogP contribution in [0.1, 0.15) is 20.7 Å². The number of hydrogen-bond acceptors (Lipinski definition) is 4. The Morgan fingerprint density at radius 3 is 2.33 bits per heavy atom. The van der Waals surface area contributed by atoms with E-state index in [9.17, 15) is 9.59 Å². The number of carbonyl (C=O) groups is 2. The van der Waals surface area contributed by atoms with E-state index in [1.54, 1.807) is 0 Å². The molecular weight excluding hydrogens is 202 g/mol. The second kappa shape index (κ2) is 3.09. The molecule has 0 aliphatic carbocycles. The molecular formula is C9H5NO5. The van der Waals surface area contributed by atoms with Gasteiger partial charge in [0.05, 0.1) is 17.3 Å². The van der Waals surface area contributed by atoms with Gasteiger partial charge in [0.25, 0.3) is 0 Å². The summed E-state index contributed by atoms with van der Waals surface area (Å²) in [4.78, 5) is 21.5. The Labute approximate surface area is 82.7 Å². The van der Waals surface area contributed by atoms with Crippen molar-refractivity contribution in [2.24, 2.45) is 0 Å². The highest BCUT2D eigenvalue weighted by atomic mass is 16.5. The lowest BCUT2D eigenvalue weighted by Crippen LogP contribution is -2.07. The maximum Gasteiger partial charge on any atom is 0.336 e. The van der Waals surface area contributed by atoms with Crippen molar-refractivity contribution in [2.45, 2.75) is 0 Å². The van der Waals surface area contributed by atoms with Gasteiger partial charge in [0.1, 0.15) is 0 Å². The molecule has 0 fully saturated rings. The molecule has 1 aromatic carbocycles. The molecule has 6 heteroatoms. The van der Waals surface area contributed by atoms with Crippen LogP contribution in [0.15, 0.2) is 22.9 Å². The third kappa shape index (κ3) is 1.41. The Kier molecular flexibility index (Phi) is 1.89. The molecule has 2 aromatic rings. The Morgan fingerprint density at radius 1 is 1.13 bits per heavy atom.